The van der Waals surface area contributed by atoms with Crippen LogP contribution in [-0.4, -0.2) is 0 Å². The van der Waals surface area contributed by atoms with E-state index in [2.05, 4.69) is 60.1 Å². The van der Waals surface area contributed by atoms with Crippen molar-refractivity contribution in [2.75, 3.05) is 0 Å². The molecule has 7 aromatic rings. The fourth-order valence-corrected chi connectivity index (χ4v) is 8.17. The third kappa shape index (κ3) is 5.35. The van der Waals surface area contributed by atoms with E-state index in [1.165, 1.54) is 10.8 Å². The molecule has 0 atom stereocenters. The zero-order valence-electron chi connectivity index (χ0n) is 23.9. The SMILES string of the molecule is O=P(c1ccccc1)(c1ccc(C#Cc2cccc3ccccc23)cc1)c1ccc(C#Cc2cccc3ccccc23)cc1. The van der Waals surface area contributed by atoms with Gasteiger partial charge in [0.05, 0.1) is 0 Å². The van der Waals surface area contributed by atoms with Crippen molar-refractivity contribution in [3.05, 3.63) is 186 Å². The highest BCUT2D eigenvalue weighted by Crippen LogP contribution is 2.42. The van der Waals surface area contributed by atoms with E-state index >= 15 is 4.57 Å². The Hall–Kier alpha value is -5.59. The van der Waals surface area contributed by atoms with Crippen LogP contribution in [0.2, 0.25) is 0 Å². The molecule has 0 bridgehead atoms. The highest BCUT2D eigenvalue weighted by atomic mass is 31.2. The predicted molar refractivity (Wildman–Crippen MR) is 186 cm³/mol. The quantitative estimate of drug-likeness (QED) is 0.152. The van der Waals surface area contributed by atoms with Crippen molar-refractivity contribution in [2.45, 2.75) is 0 Å². The van der Waals surface area contributed by atoms with Gasteiger partial charge in [0.2, 0.25) is 0 Å². The Morgan fingerprint density at radius 2 is 0.727 bits per heavy atom. The lowest BCUT2D eigenvalue weighted by Crippen LogP contribution is -2.25. The highest BCUT2D eigenvalue weighted by Gasteiger charge is 2.29. The fourth-order valence-electron chi connectivity index (χ4n) is 5.54. The van der Waals surface area contributed by atoms with Crippen LogP contribution in [0.4, 0.5) is 0 Å². The predicted octanol–water partition coefficient (Wildman–Crippen LogP) is 8.43. The summed E-state index contributed by atoms with van der Waals surface area (Å²) >= 11 is 0. The van der Waals surface area contributed by atoms with Gasteiger partial charge in [0.15, 0.2) is 7.14 Å². The summed E-state index contributed by atoms with van der Waals surface area (Å²) < 4.78 is 15.0. The molecule has 0 aromatic heterocycles. The third-order valence-electron chi connectivity index (χ3n) is 7.84. The molecule has 206 valence electrons. The molecule has 0 aliphatic heterocycles. The summed E-state index contributed by atoms with van der Waals surface area (Å²) in [7, 11) is -3.13. The molecule has 0 saturated carbocycles. The lowest BCUT2D eigenvalue weighted by Gasteiger charge is -2.20. The minimum Gasteiger partial charge on any atom is -0.309 e. The first-order chi connectivity index (χ1) is 21.7. The Labute approximate surface area is 258 Å². The van der Waals surface area contributed by atoms with Gasteiger partial charge in [-0.25, -0.2) is 0 Å². The molecule has 0 aliphatic carbocycles. The Kier molecular flexibility index (Phi) is 7.41. The molecule has 0 radical (unpaired) electrons. The fraction of sp³-hybridized carbons (Fsp3) is 0. The molecule has 0 N–H and O–H groups in total. The highest BCUT2D eigenvalue weighted by molar-refractivity contribution is 7.85. The summed E-state index contributed by atoms with van der Waals surface area (Å²) in [6.45, 7) is 0. The van der Waals surface area contributed by atoms with E-state index in [-0.39, 0.29) is 0 Å². The first-order valence-electron chi connectivity index (χ1n) is 14.5. The van der Waals surface area contributed by atoms with Gasteiger partial charge in [-0.1, -0.05) is 127 Å². The van der Waals surface area contributed by atoms with Crippen molar-refractivity contribution in [1.82, 2.24) is 0 Å². The zero-order valence-corrected chi connectivity index (χ0v) is 24.8. The molecule has 1 nitrogen and oxygen atoms in total. The van der Waals surface area contributed by atoms with Gasteiger partial charge in [0.1, 0.15) is 0 Å². The molecule has 2 heteroatoms. The maximum atomic E-state index is 15.0. The molecular weight excluding hydrogens is 551 g/mol. The van der Waals surface area contributed by atoms with Gasteiger partial charge in [-0.3, -0.25) is 0 Å². The standard InChI is InChI=1S/C42H27OP/c43-44(38-16-2-1-3-17-38,39-28-22-32(23-29-39)20-26-36-14-8-12-34-10-4-6-18-41(34)36)40-30-24-33(25-31-40)21-27-37-15-9-13-35-11-5-7-19-42(35)37/h1-19,22-25,28-31H. The van der Waals surface area contributed by atoms with E-state index in [0.29, 0.717) is 0 Å². The van der Waals surface area contributed by atoms with Crippen LogP contribution in [0.5, 0.6) is 0 Å². The van der Waals surface area contributed by atoms with E-state index in [1.54, 1.807) is 0 Å². The second-order valence-corrected chi connectivity index (χ2v) is 13.4. The molecule has 0 aliphatic rings. The molecule has 7 rings (SSSR count). The lowest BCUT2D eigenvalue weighted by atomic mass is 10.0. The normalized spacial score (nSPS) is 10.9. The molecule has 0 saturated heterocycles. The smallest absolute Gasteiger partial charge is 0.171 e. The van der Waals surface area contributed by atoms with Gasteiger partial charge in [0, 0.05) is 38.2 Å². The zero-order chi connectivity index (χ0) is 29.8. The largest absolute Gasteiger partial charge is 0.309 e. The number of fused-ring (bicyclic) bond motifs is 2. The van der Waals surface area contributed by atoms with Gasteiger partial charge in [-0.15, -0.1) is 0 Å². The van der Waals surface area contributed by atoms with Crippen LogP contribution < -0.4 is 15.9 Å². The van der Waals surface area contributed by atoms with Crippen molar-refractivity contribution < 1.29 is 4.57 Å². The van der Waals surface area contributed by atoms with Crippen molar-refractivity contribution in [3.8, 4) is 23.7 Å². The van der Waals surface area contributed by atoms with E-state index in [1.807, 2.05) is 127 Å². The molecule has 0 heterocycles. The molecule has 0 spiro atoms. The first-order valence-corrected chi connectivity index (χ1v) is 16.3. The van der Waals surface area contributed by atoms with Crippen LogP contribution in [0.25, 0.3) is 21.5 Å². The molecule has 0 unspecified atom stereocenters. The van der Waals surface area contributed by atoms with Gasteiger partial charge >= 0.3 is 0 Å². The summed E-state index contributed by atoms with van der Waals surface area (Å²) in [5.74, 6) is 13.3. The monoisotopic (exact) mass is 578 g/mol. The molecular formula is C42H27OP. The van der Waals surface area contributed by atoms with Crippen molar-refractivity contribution in [1.29, 1.82) is 0 Å². The second kappa shape index (κ2) is 12.0. The van der Waals surface area contributed by atoms with Crippen LogP contribution in [0.3, 0.4) is 0 Å². The lowest BCUT2D eigenvalue weighted by molar-refractivity contribution is 0.592. The molecule has 0 fully saturated rings. The summed E-state index contributed by atoms with van der Waals surface area (Å²) in [5.41, 5.74) is 3.73. The van der Waals surface area contributed by atoms with E-state index < -0.39 is 7.14 Å². The Bertz CT molecular complexity index is 2140. The average molecular weight is 579 g/mol. The average Bonchev–Trinajstić information content (AvgIpc) is 3.10. The van der Waals surface area contributed by atoms with Crippen LogP contribution >= 0.6 is 7.14 Å². The summed E-state index contributed by atoms with van der Waals surface area (Å²) in [5, 5.41) is 6.95. The summed E-state index contributed by atoms with van der Waals surface area (Å²) in [6.07, 6.45) is 0. The minimum atomic E-state index is -3.13. The van der Waals surface area contributed by atoms with Gasteiger partial charge in [-0.05, 0) is 82.2 Å². The van der Waals surface area contributed by atoms with Gasteiger partial charge in [0.25, 0.3) is 0 Å². The first kappa shape index (κ1) is 27.3. The number of benzene rings is 7. The van der Waals surface area contributed by atoms with Crippen LogP contribution in [0.15, 0.2) is 164 Å². The summed E-state index contributed by atoms with van der Waals surface area (Å²) in [6, 6.07) is 54.3. The topological polar surface area (TPSA) is 17.1 Å². The van der Waals surface area contributed by atoms with Gasteiger partial charge in [-0.2, -0.15) is 0 Å². The molecule has 44 heavy (non-hydrogen) atoms. The Balaban J connectivity index is 1.21. The van der Waals surface area contributed by atoms with E-state index in [0.717, 1.165) is 48.9 Å². The Morgan fingerprint density at radius 3 is 1.20 bits per heavy atom. The second-order valence-electron chi connectivity index (χ2n) is 10.6. The minimum absolute atomic E-state index is 0.772. The number of hydrogen-bond acceptors (Lipinski definition) is 1. The number of hydrogen-bond donors (Lipinski definition) is 0. The van der Waals surface area contributed by atoms with E-state index in [4.69, 9.17) is 0 Å². The molecule has 7 aromatic carbocycles. The van der Waals surface area contributed by atoms with Crippen LogP contribution in [-0.2, 0) is 4.57 Å². The third-order valence-corrected chi connectivity index (χ3v) is 10.9. The van der Waals surface area contributed by atoms with Gasteiger partial charge < -0.3 is 4.57 Å². The maximum Gasteiger partial charge on any atom is 0.171 e. The summed E-state index contributed by atoms with van der Waals surface area (Å²) in [4.78, 5) is 0. The van der Waals surface area contributed by atoms with Crippen molar-refractivity contribution in [3.63, 3.8) is 0 Å². The van der Waals surface area contributed by atoms with Crippen LogP contribution in [0.1, 0.15) is 22.3 Å². The molecule has 0 amide bonds. The Morgan fingerprint density at radius 1 is 0.341 bits per heavy atom. The van der Waals surface area contributed by atoms with Crippen LogP contribution in [0, 0.1) is 23.7 Å². The van der Waals surface area contributed by atoms with Crippen molar-refractivity contribution in [2.24, 2.45) is 0 Å². The maximum absolute atomic E-state index is 15.0. The van der Waals surface area contributed by atoms with Crippen molar-refractivity contribution >= 4 is 44.6 Å². The number of rotatable bonds is 3. The van der Waals surface area contributed by atoms with E-state index in [9.17, 15) is 0 Å².